The van der Waals surface area contributed by atoms with Crippen LogP contribution in [0.25, 0.3) is 0 Å². The van der Waals surface area contributed by atoms with Gasteiger partial charge in [-0.05, 0) is 44.4 Å². The van der Waals surface area contributed by atoms with Gasteiger partial charge in [0.25, 0.3) is 0 Å². The molecule has 0 amide bonds. The molecule has 1 saturated heterocycles. The number of hydrogen-bond donors (Lipinski definition) is 1. The van der Waals surface area contributed by atoms with Gasteiger partial charge in [0.2, 0.25) is 5.13 Å². The van der Waals surface area contributed by atoms with Crippen molar-refractivity contribution in [2.24, 2.45) is 5.92 Å². The van der Waals surface area contributed by atoms with Gasteiger partial charge in [0, 0.05) is 12.6 Å². The Labute approximate surface area is 149 Å². The zero-order valence-electron chi connectivity index (χ0n) is 13.5. The molecule has 0 spiro atoms. The second kappa shape index (κ2) is 7.70. The Bertz CT molecular complexity index is 592. The third kappa shape index (κ3) is 4.70. The highest BCUT2D eigenvalue weighted by atomic mass is 32.1. The highest BCUT2D eigenvalue weighted by Gasteiger charge is 2.41. The fraction of sp³-hybridized carbons (Fsp3) is 0.867. The van der Waals surface area contributed by atoms with Crippen LogP contribution in [0.4, 0.5) is 18.3 Å². The highest BCUT2D eigenvalue weighted by Crippen LogP contribution is 2.33. The van der Waals surface area contributed by atoms with Crippen LogP contribution in [0.2, 0.25) is 0 Å². The van der Waals surface area contributed by atoms with Crippen molar-refractivity contribution in [2.75, 3.05) is 18.4 Å². The number of likely N-dealkylation sites (tertiary alicyclic amines) is 1. The van der Waals surface area contributed by atoms with E-state index >= 15 is 0 Å². The van der Waals surface area contributed by atoms with Crippen molar-refractivity contribution in [1.82, 2.24) is 14.7 Å². The number of hydrogen-bond acceptors (Lipinski definition) is 5. The number of aromatic nitrogens is 2. The fourth-order valence-electron chi connectivity index (χ4n) is 3.52. The van der Waals surface area contributed by atoms with Crippen molar-refractivity contribution < 1.29 is 13.2 Å². The number of alkyl halides is 3. The first-order chi connectivity index (χ1) is 11.4. The lowest BCUT2D eigenvalue weighted by Gasteiger charge is -2.33. The molecular weight excluding hydrogens is 357 g/mol. The monoisotopic (exact) mass is 380 g/mol. The van der Waals surface area contributed by atoms with Crippen LogP contribution in [-0.2, 0) is 6.67 Å². The summed E-state index contributed by atoms with van der Waals surface area (Å²) in [5.41, 5.74) is 0. The van der Waals surface area contributed by atoms with Crippen LogP contribution >= 0.6 is 23.6 Å². The third-order valence-electron chi connectivity index (χ3n) is 4.84. The summed E-state index contributed by atoms with van der Waals surface area (Å²) in [7, 11) is 0. The Morgan fingerprint density at radius 1 is 1.17 bits per heavy atom. The van der Waals surface area contributed by atoms with E-state index in [1.807, 2.05) is 4.90 Å². The maximum atomic E-state index is 12.9. The molecule has 2 fully saturated rings. The summed E-state index contributed by atoms with van der Waals surface area (Å²) in [4.78, 5) is 1.81. The summed E-state index contributed by atoms with van der Waals surface area (Å²) in [6.07, 6.45) is 2.71. The van der Waals surface area contributed by atoms with Crippen LogP contribution in [0.15, 0.2) is 0 Å². The second-order valence-electron chi connectivity index (χ2n) is 6.75. The molecule has 24 heavy (non-hydrogen) atoms. The maximum Gasteiger partial charge on any atom is 0.393 e. The quantitative estimate of drug-likeness (QED) is 0.771. The normalized spacial score (nSPS) is 24.2. The van der Waals surface area contributed by atoms with Crippen LogP contribution < -0.4 is 5.32 Å². The third-order valence-corrected chi connectivity index (χ3v) is 6.08. The van der Waals surface area contributed by atoms with Gasteiger partial charge in [-0.1, -0.05) is 30.6 Å². The van der Waals surface area contributed by atoms with Gasteiger partial charge >= 0.3 is 6.18 Å². The molecule has 1 aliphatic carbocycles. The Hall–Kier alpha value is -0.670. The van der Waals surface area contributed by atoms with Crippen molar-refractivity contribution in [2.45, 2.75) is 63.8 Å². The highest BCUT2D eigenvalue weighted by molar-refractivity contribution is 7.73. The molecular formula is C15H23F3N4S2. The summed E-state index contributed by atoms with van der Waals surface area (Å²) in [5.74, 6) is -1.24. The van der Waals surface area contributed by atoms with E-state index in [0.717, 1.165) is 18.0 Å². The standard InChI is InChI=1S/C15H23F3N4S2/c16-15(17,18)11-5-4-8-21(9-11)10-22-14(23)24-13(20-22)19-12-6-2-1-3-7-12/h11-12H,1-10H2,(H,19,20)/t11-/m0/s1. The van der Waals surface area contributed by atoms with Gasteiger partial charge in [-0.3, -0.25) is 4.90 Å². The first-order valence-corrected chi connectivity index (χ1v) is 9.78. The van der Waals surface area contributed by atoms with Gasteiger partial charge in [-0.2, -0.15) is 13.2 Å². The molecule has 4 nitrogen and oxygen atoms in total. The maximum absolute atomic E-state index is 12.9. The van der Waals surface area contributed by atoms with E-state index in [1.54, 1.807) is 4.68 Å². The summed E-state index contributed by atoms with van der Waals surface area (Å²) in [5, 5.41) is 8.70. The number of rotatable bonds is 4. The number of piperidine rings is 1. The van der Waals surface area contributed by atoms with Gasteiger partial charge in [-0.25, -0.2) is 4.68 Å². The van der Waals surface area contributed by atoms with E-state index in [0.29, 0.717) is 29.6 Å². The molecule has 9 heteroatoms. The Morgan fingerprint density at radius 2 is 1.92 bits per heavy atom. The van der Waals surface area contributed by atoms with E-state index in [1.165, 1.54) is 30.6 Å². The minimum atomic E-state index is -4.12. The average molecular weight is 381 g/mol. The minimum Gasteiger partial charge on any atom is -0.357 e. The molecule has 1 aliphatic heterocycles. The molecule has 1 aromatic heterocycles. The molecule has 0 unspecified atom stereocenters. The summed E-state index contributed by atoms with van der Waals surface area (Å²) < 4.78 is 41.0. The Morgan fingerprint density at radius 3 is 2.62 bits per heavy atom. The van der Waals surface area contributed by atoms with Crippen molar-refractivity contribution >= 4 is 28.7 Å². The smallest absolute Gasteiger partial charge is 0.357 e. The predicted molar refractivity (Wildman–Crippen MR) is 91.8 cm³/mol. The molecule has 1 aromatic rings. The first-order valence-electron chi connectivity index (χ1n) is 8.55. The largest absolute Gasteiger partial charge is 0.393 e. The lowest BCUT2D eigenvalue weighted by Crippen LogP contribution is -2.42. The second-order valence-corrected chi connectivity index (χ2v) is 8.37. The molecule has 2 aliphatic rings. The fourth-order valence-corrected chi connectivity index (χ4v) is 4.59. The van der Waals surface area contributed by atoms with Crippen molar-refractivity contribution in [3.8, 4) is 0 Å². The molecule has 3 rings (SSSR count). The number of nitrogens with one attached hydrogen (secondary N) is 1. The van der Waals surface area contributed by atoms with Gasteiger partial charge < -0.3 is 5.32 Å². The van der Waals surface area contributed by atoms with E-state index in [4.69, 9.17) is 12.2 Å². The minimum absolute atomic E-state index is 0.0359. The molecule has 1 atom stereocenters. The van der Waals surface area contributed by atoms with Crippen LogP contribution in [0.5, 0.6) is 0 Å². The summed E-state index contributed by atoms with van der Waals surface area (Å²) >= 11 is 6.75. The van der Waals surface area contributed by atoms with Crippen LogP contribution in [0.3, 0.4) is 0 Å². The first kappa shape index (κ1) is 18.1. The lowest BCUT2D eigenvalue weighted by atomic mass is 9.96. The SMILES string of the molecule is FC(F)(F)[C@H]1CCCN(Cn2nc(NC3CCCCC3)sc2=S)C1. The summed E-state index contributed by atoms with van der Waals surface area (Å²) in [6.45, 7) is 1.04. The molecule has 1 N–H and O–H groups in total. The van der Waals surface area contributed by atoms with E-state index < -0.39 is 12.1 Å². The molecule has 136 valence electrons. The average Bonchev–Trinajstić information content (AvgIpc) is 2.87. The zero-order chi connectivity index (χ0) is 17.2. The van der Waals surface area contributed by atoms with E-state index in [-0.39, 0.29) is 13.0 Å². The van der Waals surface area contributed by atoms with E-state index in [2.05, 4.69) is 10.4 Å². The van der Waals surface area contributed by atoms with Crippen molar-refractivity contribution in [3.63, 3.8) is 0 Å². The predicted octanol–water partition coefficient (Wildman–Crippen LogP) is 4.65. The lowest BCUT2D eigenvalue weighted by molar-refractivity contribution is -0.188. The zero-order valence-corrected chi connectivity index (χ0v) is 15.2. The van der Waals surface area contributed by atoms with Crippen molar-refractivity contribution in [3.05, 3.63) is 3.95 Å². The molecule has 1 saturated carbocycles. The van der Waals surface area contributed by atoms with Gasteiger partial charge in [-0.15, -0.1) is 5.10 Å². The van der Waals surface area contributed by atoms with Gasteiger partial charge in [0.05, 0.1) is 12.6 Å². The molecule has 0 aromatic carbocycles. The van der Waals surface area contributed by atoms with Crippen LogP contribution in [0.1, 0.15) is 44.9 Å². The van der Waals surface area contributed by atoms with Crippen molar-refractivity contribution in [1.29, 1.82) is 0 Å². The molecule has 0 bridgehead atoms. The topological polar surface area (TPSA) is 33.1 Å². The summed E-state index contributed by atoms with van der Waals surface area (Å²) in [6, 6.07) is 0.442. The number of halogens is 3. The van der Waals surface area contributed by atoms with Gasteiger partial charge in [0.1, 0.15) is 0 Å². The van der Waals surface area contributed by atoms with Crippen LogP contribution in [-0.4, -0.2) is 40.0 Å². The van der Waals surface area contributed by atoms with Gasteiger partial charge in [0.15, 0.2) is 3.95 Å². The molecule has 0 radical (unpaired) electrons. The van der Waals surface area contributed by atoms with E-state index in [9.17, 15) is 13.2 Å². The Balaban J connectivity index is 1.59. The number of anilines is 1. The molecule has 2 heterocycles. The van der Waals surface area contributed by atoms with Crippen LogP contribution in [0, 0.1) is 9.87 Å². The Kier molecular flexibility index (Phi) is 5.82. The number of nitrogens with zero attached hydrogens (tertiary/aromatic N) is 3.